The first-order chi connectivity index (χ1) is 7.15. The maximum atomic E-state index is 5.87. The van der Waals surface area contributed by atoms with Gasteiger partial charge < -0.3 is 0 Å². The highest BCUT2D eigenvalue weighted by Gasteiger charge is 2.32. The maximum Gasteiger partial charge on any atom is 0.101 e. The lowest BCUT2D eigenvalue weighted by Gasteiger charge is -2.16. The average molecular weight is 228 g/mol. The molecule has 1 saturated carbocycles. The van der Waals surface area contributed by atoms with Crippen molar-refractivity contribution < 1.29 is 0 Å². The molecule has 0 amide bonds. The van der Waals surface area contributed by atoms with Crippen molar-refractivity contribution >= 4 is 11.6 Å². The van der Waals surface area contributed by atoms with Crippen LogP contribution in [-0.2, 0) is 5.88 Å². The highest BCUT2D eigenvalue weighted by atomic mass is 35.5. The molecule has 0 spiro atoms. The normalized spacial score (nSPS) is 18.5. The summed E-state index contributed by atoms with van der Waals surface area (Å²) in [5, 5.41) is 8.42. The van der Waals surface area contributed by atoms with Gasteiger partial charge in [-0.25, -0.2) is 4.68 Å². The van der Waals surface area contributed by atoms with Crippen molar-refractivity contribution in [3.8, 4) is 0 Å². The molecule has 0 bridgehead atoms. The maximum absolute atomic E-state index is 5.87. The van der Waals surface area contributed by atoms with Crippen LogP contribution < -0.4 is 0 Å². The summed E-state index contributed by atoms with van der Waals surface area (Å²) in [6.45, 7) is 6.58. The van der Waals surface area contributed by atoms with Crippen molar-refractivity contribution in [3.05, 3.63) is 11.4 Å². The van der Waals surface area contributed by atoms with E-state index in [0.717, 1.165) is 11.6 Å². The van der Waals surface area contributed by atoms with Crippen LogP contribution in [0.3, 0.4) is 0 Å². The molecule has 1 aromatic rings. The van der Waals surface area contributed by atoms with Crippen molar-refractivity contribution in [3.63, 3.8) is 0 Å². The van der Waals surface area contributed by atoms with Gasteiger partial charge in [-0.3, -0.25) is 0 Å². The highest BCUT2D eigenvalue weighted by Crippen LogP contribution is 2.40. The first-order valence-electron chi connectivity index (χ1n) is 5.65. The lowest BCUT2D eigenvalue weighted by molar-refractivity contribution is 0.409. The van der Waals surface area contributed by atoms with Crippen LogP contribution in [0.4, 0.5) is 0 Å². The van der Waals surface area contributed by atoms with Gasteiger partial charge in [0.25, 0.3) is 0 Å². The Hall–Kier alpha value is -0.570. The lowest BCUT2D eigenvalue weighted by atomic mass is 10.1. The fourth-order valence-electron chi connectivity index (χ4n) is 2.11. The number of hydrogen-bond donors (Lipinski definition) is 0. The smallest absolute Gasteiger partial charge is 0.101 e. The summed E-state index contributed by atoms with van der Waals surface area (Å²) >= 11 is 5.87. The average Bonchev–Trinajstić information content (AvgIpc) is 2.95. The number of rotatable bonds is 4. The molecule has 1 aliphatic rings. The Morgan fingerprint density at radius 2 is 2.07 bits per heavy atom. The minimum Gasteiger partial charge on any atom is -0.246 e. The molecule has 1 fully saturated rings. The zero-order chi connectivity index (χ0) is 11.0. The number of alkyl halides is 1. The number of nitrogens with zero attached hydrogens (tertiary/aromatic N) is 3. The molecule has 1 atom stereocenters. The first kappa shape index (κ1) is 10.9. The Bertz CT molecular complexity index is 342. The second kappa shape index (κ2) is 4.12. The third-order valence-corrected chi connectivity index (χ3v) is 3.42. The largest absolute Gasteiger partial charge is 0.246 e. The molecule has 0 N–H and O–H groups in total. The summed E-state index contributed by atoms with van der Waals surface area (Å²) in [5.41, 5.74) is 2.16. The van der Waals surface area contributed by atoms with Gasteiger partial charge in [0.05, 0.1) is 17.6 Å². The Morgan fingerprint density at radius 3 is 2.53 bits per heavy atom. The Labute approximate surface area is 95.8 Å². The number of aromatic nitrogens is 3. The predicted octanol–water partition coefficient (Wildman–Crippen LogP) is 3.11. The minimum absolute atomic E-state index is 0.440. The molecule has 84 valence electrons. The Balaban J connectivity index is 2.32. The molecule has 0 radical (unpaired) electrons. The van der Waals surface area contributed by atoms with Gasteiger partial charge in [0.2, 0.25) is 0 Å². The van der Waals surface area contributed by atoms with Gasteiger partial charge in [-0.15, -0.1) is 16.7 Å². The first-order valence-corrected chi connectivity index (χ1v) is 6.18. The molecule has 0 aliphatic heterocycles. The zero-order valence-corrected chi connectivity index (χ0v) is 10.3. The molecule has 0 aromatic carbocycles. The van der Waals surface area contributed by atoms with Crippen molar-refractivity contribution in [1.82, 2.24) is 15.0 Å². The van der Waals surface area contributed by atoms with E-state index in [0.29, 0.717) is 17.8 Å². The topological polar surface area (TPSA) is 30.7 Å². The quantitative estimate of drug-likeness (QED) is 0.740. The Kier molecular flexibility index (Phi) is 3.01. The van der Waals surface area contributed by atoms with E-state index in [2.05, 4.69) is 35.8 Å². The highest BCUT2D eigenvalue weighted by molar-refractivity contribution is 6.16. The fourth-order valence-corrected chi connectivity index (χ4v) is 2.30. The van der Waals surface area contributed by atoms with Crippen LogP contribution in [0.1, 0.15) is 57.0 Å². The van der Waals surface area contributed by atoms with Gasteiger partial charge in [-0.1, -0.05) is 19.1 Å². The van der Waals surface area contributed by atoms with E-state index in [1.807, 2.05) is 0 Å². The monoisotopic (exact) mass is 227 g/mol. The number of hydrogen-bond acceptors (Lipinski definition) is 2. The van der Waals surface area contributed by atoms with Crippen molar-refractivity contribution in [2.45, 2.75) is 51.5 Å². The molecule has 1 heterocycles. The van der Waals surface area contributed by atoms with Crippen LogP contribution in [0, 0.1) is 5.92 Å². The van der Waals surface area contributed by atoms with Gasteiger partial charge in [-0.05, 0) is 31.6 Å². The summed E-state index contributed by atoms with van der Waals surface area (Å²) in [4.78, 5) is 0. The molecular formula is C11H18ClN3. The van der Waals surface area contributed by atoms with Crippen LogP contribution >= 0.6 is 11.6 Å². The van der Waals surface area contributed by atoms with Gasteiger partial charge in [0.1, 0.15) is 5.69 Å². The molecule has 0 saturated heterocycles. The SMILES string of the molecule is CC(C)c1c(CCl)nnn1C(C)C1CC1. The van der Waals surface area contributed by atoms with Gasteiger partial charge in [-0.2, -0.15) is 0 Å². The molecule has 1 aromatic heterocycles. The zero-order valence-electron chi connectivity index (χ0n) is 9.57. The molecule has 3 nitrogen and oxygen atoms in total. The summed E-state index contributed by atoms with van der Waals surface area (Å²) in [6.07, 6.45) is 2.66. The van der Waals surface area contributed by atoms with E-state index < -0.39 is 0 Å². The second-order valence-electron chi connectivity index (χ2n) is 4.73. The predicted molar refractivity (Wildman–Crippen MR) is 61.1 cm³/mol. The van der Waals surface area contributed by atoms with Crippen molar-refractivity contribution in [2.75, 3.05) is 0 Å². The van der Waals surface area contributed by atoms with Crippen LogP contribution in [0.25, 0.3) is 0 Å². The van der Waals surface area contributed by atoms with Gasteiger partial charge in [0.15, 0.2) is 0 Å². The van der Waals surface area contributed by atoms with Gasteiger partial charge in [0, 0.05) is 0 Å². The van der Waals surface area contributed by atoms with Gasteiger partial charge >= 0.3 is 0 Å². The van der Waals surface area contributed by atoms with Crippen molar-refractivity contribution in [1.29, 1.82) is 0 Å². The molecule has 2 rings (SSSR count). The van der Waals surface area contributed by atoms with E-state index in [1.54, 1.807) is 0 Å². The lowest BCUT2D eigenvalue weighted by Crippen LogP contribution is -2.14. The van der Waals surface area contributed by atoms with Crippen LogP contribution in [0.5, 0.6) is 0 Å². The summed E-state index contributed by atoms with van der Waals surface area (Å²) in [7, 11) is 0. The fraction of sp³-hybridized carbons (Fsp3) is 0.818. The van der Waals surface area contributed by atoms with E-state index >= 15 is 0 Å². The van der Waals surface area contributed by atoms with E-state index in [4.69, 9.17) is 11.6 Å². The van der Waals surface area contributed by atoms with E-state index in [-0.39, 0.29) is 0 Å². The third-order valence-electron chi connectivity index (χ3n) is 3.17. The van der Waals surface area contributed by atoms with Crippen LogP contribution in [0.2, 0.25) is 0 Å². The number of halogens is 1. The van der Waals surface area contributed by atoms with E-state index in [1.165, 1.54) is 18.5 Å². The minimum atomic E-state index is 0.440. The molecular weight excluding hydrogens is 210 g/mol. The second-order valence-corrected chi connectivity index (χ2v) is 5.00. The summed E-state index contributed by atoms with van der Waals surface area (Å²) in [5.74, 6) is 1.70. The summed E-state index contributed by atoms with van der Waals surface area (Å²) in [6, 6.07) is 0.479. The standard InChI is InChI=1S/C11H18ClN3/c1-7(2)11-10(6-12)13-14-15(11)8(3)9-4-5-9/h7-9H,4-6H2,1-3H3. The molecule has 15 heavy (non-hydrogen) atoms. The third kappa shape index (κ3) is 2.03. The van der Waals surface area contributed by atoms with E-state index in [9.17, 15) is 0 Å². The molecule has 4 heteroatoms. The Morgan fingerprint density at radius 1 is 1.40 bits per heavy atom. The van der Waals surface area contributed by atoms with Crippen molar-refractivity contribution in [2.24, 2.45) is 5.92 Å². The molecule has 1 unspecified atom stereocenters. The summed E-state index contributed by atoms with van der Waals surface area (Å²) < 4.78 is 2.08. The molecule has 1 aliphatic carbocycles. The van der Waals surface area contributed by atoms with Crippen LogP contribution in [0.15, 0.2) is 0 Å². The van der Waals surface area contributed by atoms with Crippen LogP contribution in [-0.4, -0.2) is 15.0 Å².